The second-order valence-electron chi connectivity index (χ2n) is 5.71. The number of benzene rings is 1. The van der Waals surface area contributed by atoms with Gasteiger partial charge in [0.25, 0.3) is 0 Å². The number of nitrogens with one attached hydrogen (secondary N) is 1. The third kappa shape index (κ3) is 3.24. The van der Waals surface area contributed by atoms with Gasteiger partial charge in [0, 0.05) is 31.5 Å². The Morgan fingerprint density at radius 2 is 2.05 bits per heavy atom. The normalized spacial score (nSPS) is 22.2. The van der Waals surface area contributed by atoms with E-state index in [0.29, 0.717) is 12.1 Å². The van der Waals surface area contributed by atoms with Crippen molar-refractivity contribution in [3.8, 4) is 11.4 Å². The van der Waals surface area contributed by atoms with Gasteiger partial charge in [-0.2, -0.15) is 0 Å². The van der Waals surface area contributed by atoms with Gasteiger partial charge in [0.05, 0.1) is 6.10 Å². The monoisotopic (exact) mass is 286 g/mol. The van der Waals surface area contributed by atoms with Crippen LogP contribution in [0.3, 0.4) is 0 Å². The van der Waals surface area contributed by atoms with E-state index in [1.807, 2.05) is 18.7 Å². The van der Waals surface area contributed by atoms with Crippen LogP contribution in [-0.4, -0.2) is 34.0 Å². The van der Waals surface area contributed by atoms with Gasteiger partial charge < -0.3 is 14.6 Å². The van der Waals surface area contributed by atoms with Gasteiger partial charge in [-0.3, -0.25) is 0 Å². The lowest BCUT2D eigenvalue weighted by molar-refractivity contribution is 0.0669. The summed E-state index contributed by atoms with van der Waals surface area (Å²) in [5, 5.41) is 11.7. The molecule has 0 aliphatic heterocycles. The van der Waals surface area contributed by atoms with Gasteiger partial charge in [-0.1, -0.05) is 0 Å². The zero-order chi connectivity index (χ0) is 14.7. The van der Waals surface area contributed by atoms with Crippen molar-refractivity contribution in [2.45, 2.75) is 37.8 Å². The molecule has 5 nitrogen and oxygen atoms in total. The molecule has 0 radical (unpaired) electrons. The molecule has 2 atom stereocenters. The highest BCUT2D eigenvalue weighted by Gasteiger charge is 2.21. The van der Waals surface area contributed by atoms with E-state index in [0.717, 1.165) is 23.5 Å². The van der Waals surface area contributed by atoms with Crippen LogP contribution in [0.5, 0.6) is 0 Å². The fraction of sp³-hybridized carbons (Fsp3) is 0.500. The van der Waals surface area contributed by atoms with E-state index in [1.165, 1.54) is 19.3 Å². The Balaban J connectivity index is 1.66. The predicted octanol–water partition coefficient (Wildman–Crippen LogP) is 2.85. The quantitative estimate of drug-likeness (QED) is 0.939. The molecule has 1 aromatic carbocycles. The molecule has 1 fully saturated rings. The van der Waals surface area contributed by atoms with Gasteiger partial charge in [-0.05, 0) is 49.9 Å². The van der Waals surface area contributed by atoms with Crippen LogP contribution < -0.4 is 5.32 Å². The second-order valence-corrected chi connectivity index (χ2v) is 5.71. The van der Waals surface area contributed by atoms with Gasteiger partial charge in [-0.25, -0.2) is 0 Å². The van der Waals surface area contributed by atoms with E-state index in [9.17, 15) is 0 Å². The average molecular weight is 286 g/mol. The molecule has 1 aliphatic carbocycles. The lowest BCUT2D eigenvalue weighted by Crippen LogP contribution is -2.30. The molecule has 2 unspecified atom stereocenters. The minimum absolute atomic E-state index is 0.397. The molecule has 0 amide bonds. The number of aryl methyl sites for hydroxylation is 1. The number of ether oxygens (including phenoxy) is 1. The van der Waals surface area contributed by atoms with Crippen molar-refractivity contribution in [1.82, 2.24) is 14.8 Å². The molecule has 1 heterocycles. The Morgan fingerprint density at radius 1 is 1.24 bits per heavy atom. The fourth-order valence-electron chi connectivity index (χ4n) is 2.99. The molecule has 2 aromatic rings. The molecule has 5 heteroatoms. The van der Waals surface area contributed by atoms with Gasteiger partial charge in [0.1, 0.15) is 6.33 Å². The number of nitrogens with zero attached hydrogens (tertiary/aromatic N) is 3. The molecular weight excluding hydrogens is 264 g/mol. The van der Waals surface area contributed by atoms with Crippen LogP contribution in [-0.2, 0) is 11.8 Å². The van der Waals surface area contributed by atoms with Crippen LogP contribution in [0, 0.1) is 0 Å². The van der Waals surface area contributed by atoms with Crippen molar-refractivity contribution in [3.05, 3.63) is 30.6 Å². The molecule has 1 aromatic heterocycles. The smallest absolute Gasteiger partial charge is 0.163 e. The van der Waals surface area contributed by atoms with Crippen LogP contribution in [0.25, 0.3) is 11.4 Å². The number of hydrogen-bond donors (Lipinski definition) is 1. The summed E-state index contributed by atoms with van der Waals surface area (Å²) >= 11 is 0. The van der Waals surface area contributed by atoms with E-state index in [-0.39, 0.29) is 0 Å². The largest absolute Gasteiger partial charge is 0.382 e. The Morgan fingerprint density at radius 3 is 2.71 bits per heavy atom. The maximum Gasteiger partial charge on any atom is 0.163 e. The summed E-state index contributed by atoms with van der Waals surface area (Å²) in [6.07, 6.45) is 6.82. The number of aromatic nitrogens is 3. The summed E-state index contributed by atoms with van der Waals surface area (Å²) in [6, 6.07) is 8.90. The molecule has 1 N–H and O–H groups in total. The molecule has 21 heavy (non-hydrogen) atoms. The topological polar surface area (TPSA) is 52.0 Å². The molecule has 0 saturated heterocycles. The number of anilines is 1. The van der Waals surface area contributed by atoms with Crippen LogP contribution >= 0.6 is 0 Å². The predicted molar refractivity (Wildman–Crippen MR) is 83.1 cm³/mol. The van der Waals surface area contributed by atoms with Crippen molar-refractivity contribution in [1.29, 1.82) is 0 Å². The van der Waals surface area contributed by atoms with Crippen molar-refractivity contribution in [2.24, 2.45) is 7.05 Å². The zero-order valence-electron chi connectivity index (χ0n) is 12.6. The number of hydrogen-bond acceptors (Lipinski definition) is 4. The Labute approximate surface area is 125 Å². The van der Waals surface area contributed by atoms with E-state index >= 15 is 0 Å². The molecular formula is C16H22N4O. The standard InChI is InChI=1S/C16H22N4O/c1-20-11-17-19-16(20)12-6-8-13(9-7-12)18-14-4-3-5-15(10-14)21-2/h6-9,11,14-15,18H,3-5,10H2,1-2H3. The highest BCUT2D eigenvalue weighted by molar-refractivity contribution is 5.59. The van der Waals surface area contributed by atoms with Gasteiger partial charge in [0.2, 0.25) is 0 Å². The SMILES string of the molecule is COC1CCCC(Nc2ccc(-c3nncn3C)cc2)C1. The molecule has 112 valence electrons. The second kappa shape index (κ2) is 6.26. The first-order valence-electron chi connectivity index (χ1n) is 7.50. The Bertz CT molecular complexity index is 578. The maximum atomic E-state index is 5.48. The molecule has 1 aliphatic rings. The van der Waals surface area contributed by atoms with Crippen LogP contribution in [0.15, 0.2) is 30.6 Å². The van der Waals surface area contributed by atoms with Crippen molar-refractivity contribution >= 4 is 5.69 Å². The van der Waals surface area contributed by atoms with Crippen molar-refractivity contribution in [3.63, 3.8) is 0 Å². The fourth-order valence-corrected chi connectivity index (χ4v) is 2.99. The molecule has 3 rings (SSSR count). The first kappa shape index (κ1) is 14.1. The maximum absolute atomic E-state index is 5.48. The Hall–Kier alpha value is -1.88. The van der Waals surface area contributed by atoms with E-state index in [4.69, 9.17) is 4.74 Å². The van der Waals surface area contributed by atoms with Crippen molar-refractivity contribution in [2.75, 3.05) is 12.4 Å². The lowest BCUT2D eigenvalue weighted by Gasteiger charge is -2.29. The minimum Gasteiger partial charge on any atom is -0.382 e. The van der Waals surface area contributed by atoms with Gasteiger partial charge in [-0.15, -0.1) is 10.2 Å². The summed E-state index contributed by atoms with van der Waals surface area (Å²) in [5.41, 5.74) is 2.24. The average Bonchev–Trinajstić information content (AvgIpc) is 2.94. The van der Waals surface area contributed by atoms with Crippen LogP contribution in [0.2, 0.25) is 0 Å². The van der Waals surface area contributed by atoms with Gasteiger partial charge in [0.15, 0.2) is 5.82 Å². The number of methoxy groups -OCH3 is 1. The first-order valence-corrected chi connectivity index (χ1v) is 7.50. The van der Waals surface area contributed by atoms with Crippen LogP contribution in [0.4, 0.5) is 5.69 Å². The van der Waals surface area contributed by atoms with E-state index in [2.05, 4.69) is 39.8 Å². The van der Waals surface area contributed by atoms with E-state index in [1.54, 1.807) is 6.33 Å². The Kier molecular flexibility index (Phi) is 4.20. The summed E-state index contributed by atoms with van der Waals surface area (Å²) in [4.78, 5) is 0. The summed E-state index contributed by atoms with van der Waals surface area (Å²) in [6.45, 7) is 0. The first-order chi connectivity index (χ1) is 10.3. The third-order valence-corrected chi connectivity index (χ3v) is 4.18. The molecule has 0 bridgehead atoms. The lowest BCUT2D eigenvalue weighted by atomic mass is 9.92. The minimum atomic E-state index is 0.397. The summed E-state index contributed by atoms with van der Waals surface area (Å²) < 4.78 is 7.41. The highest BCUT2D eigenvalue weighted by atomic mass is 16.5. The molecule has 0 spiro atoms. The van der Waals surface area contributed by atoms with Crippen molar-refractivity contribution < 1.29 is 4.74 Å². The van der Waals surface area contributed by atoms with Crippen LogP contribution in [0.1, 0.15) is 25.7 Å². The zero-order valence-corrected chi connectivity index (χ0v) is 12.6. The van der Waals surface area contributed by atoms with E-state index < -0.39 is 0 Å². The summed E-state index contributed by atoms with van der Waals surface area (Å²) in [5.74, 6) is 0.888. The molecule has 1 saturated carbocycles. The third-order valence-electron chi connectivity index (χ3n) is 4.18. The number of rotatable bonds is 4. The van der Waals surface area contributed by atoms with Gasteiger partial charge >= 0.3 is 0 Å². The summed E-state index contributed by atoms with van der Waals surface area (Å²) in [7, 11) is 3.76. The highest BCUT2D eigenvalue weighted by Crippen LogP contribution is 2.25.